The molecule has 4 aromatic carbocycles. The molecule has 6 aromatic rings. The first kappa shape index (κ1) is 67.1. The number of amides is 1. The Labute approximate surface area is 521 Å². The van der Waals surface area contributed by atoms with E-state index in [1.54, 1.807) is 46.8 Å². The zero-order chi connectivity index (χ0) is 63.2. The fraction of sp³-hybridized carbons (Fsp3) is 0.477. The van der Waals surface area contributed by atoms with E-state index >= 15 is 13.2 Å². The molecule has 0 saturated carbocycles. The molecule has 88 heavy (non-hydrogen) atoms. The van der Waals surface area contributed by atoms with Crippen LogP contribution >= 0.6 is 27.3 Å². The van der Waals surface area contributed by atoms with E-state index in [2.05, 4.69) is 36.0 Å². The normalized spacial score (nSPS) is 15.4. The fourth-order valence-corrected chi connectivity index (χ4v) is 12.7. The van der Waals surface area contributed by atoms with Crippen LogP contribution in [0.1, 0.15) is 129 Å². The summed E-state index contributed by atoms with van der Waals surface area (Å²) in [4.78, 5) is 66.2. The number of anilines is 2. The van der Waals surface area contributed by atoms with Gasteiger partial charge in [-0.05, 0) is 190 Å². The third-order valence-corrected chi connectivity index (χ3v) is 17.1. The minimum atomic E-state index is -4.83. The Bertz CT molecular complexity index is 3330. The number of para-hydroxylation sites is 1. The molecule has 2 aromatic heterocycles. The van der Waals surface area contributed by atoms with Crippen molar-refractivity contribution in [2.24, 2.45) is 11.8 Å². The summed E-state index contributed by atoms with van der Waals surface area (Å²) in [5.74, 6) is -0.860. The number of piperidine rings is 2. The smallest absolute Gasteiger partial charge is 0.421 e. The van der Waals surface area contributed by atoms with Crippen molar-refractivity contribution >= 4 is 72.2 Å². The highest BCUT2D eigenvalue weighted by Crippen LogP contribution is 2.45. The highest BCUT2D eigenvalue weighted by Gasteiger charge is 2.40. The lowest BCUT2D eigenvalue weighted by molar-refractivity contribution is -0.145. The van der Waals surface area contributed by atoms with Gasteiger partial charge in [-0.2, -0.15) is 26.3 Å². The standard InChI is InChI=1S/C46H50F3N5O6S.C19H25BrF3NO3/c1-5-58-39(55)28-53-23-20-29(21-24-53)11-10-26-59-36-16-9-13-31(40(36)46(47,48)49)32-18-19-38(51-41(32)43(57)60-45(2,3)4)54-25-22-30-12-8-14-33(34(30)27-54)42(56)52-44-50-35-15-6-7-17-37(35)61-44;1-2-26-17(25)13-24-10-8-14(9-11-24)5-4-12-27-16-7-3-6-15(20)18(16)19(21,22)23/h6-9,12-19,29H,5,10-11,20-28H2,1-4H3,(H,50,52,56);3,6-7,14H,2,4-5,8-13H2,1H3. The van der Waals surface area contributed by atoms with Crippen LogP contribution in [0.15, 0.2) is 95.5 Å². The summed E-state index contributed by atoms with van der Waals surface area (Å²) >= 11 is 4.33. The van der Waals surface area contributed by atoms with E-state index in [0.717, 1.165) is 86.0 Å². The molecule has 2 saturated heterocycles. The quantitative estimate of drug-likeness (QED) is 0.0313. The molecule has 0 aliphatic carbocycles. The third kappa shape index (κ3) is 18.6. The molecule has 23 heteroatoms. The number of alkyl halides is 6. The molecule has 5 heterocycles. The second kappa shape index (κ2) is 30.6. The molecule has 3 aliphatic rings. The SMILES string of the molecule is CCOC(=O)CN1CCC(CCCOc2cccc(-c3ccc(N4CCc5cccc(C(=O)Nc6nc7ccccc7s6)c5C4)nc3C(=O)OC(C)(C)C)c2C(F)(F)F)CC1.CCOC(=O)CN1CCC(CCCOc2cccc(Br)c2C(F)(F)F)CC1. The van der Waals surface area contributed by atoms with Crippen LogP contribution in [-0.4, -0.2) is 121 Å². The van der Waals surface area contributed by atoms with Crippen LogP contribution in [0.25, 0.3) is 21.3 Å². The zero-order valence-corrected chi connectivity index (χ0v) is 52.5. The van der Waals surface area contributed by atoms with Crippen molar-refractivity contribution in [3.8, 4) is 22.6 Å². The number of halogens is 7. The molecule has 0 unspecified atom stereocenters. The average molecular weight is 1310 g/mol. The first-order valence-electron chi connectivity index (χ1n) is 29.8. The van der Waals surface area contributed by atoms with Crippen molar-refractivity contribution in [1.82, 2.24) is 19.8 Å². The summed E-state index contributed by atoms with van der Waals surface area (Å²) < 4.78 is 113. The van der Waals surface area contributed by atoms with Gasteiger partial charge in [-0.3, -0.25) is 29.5 Å². The van der Waals surface area contributed by atoms with Gasteiger partial charge in [0.05, 0.1) is 49.7 Å². The van der Waals surface area contributed by atoms with Crippen LogP contribution in [0.5, 0.6) is 11.5 Å². The Morgan fingerprint density at radius 2 is 1.23 bits per heavy atom. The number of pyridine rings is 1. The Morgan fingerprint density at radius 3 is 1.80 bits per heavy atom. The molecule has 474 valence electrons. The predicted molar refractivity (Wildman–Crippen MR) is 329 cm³/mol. The summed E-state index contributed by atoms with van der Waals surface area (Å²) in [6, 6.07) is 24.6. The Balaban J connectivity index is 0.000000310. The molecule has 2 fully saturated rings. The zero-order valence-electron chi connectivity index (χ0n) is 50.1. The number of thiazole rings is 1. The van der Waals surface area contributed by atoms with E-state index in [1.165, 1.54) is 53.8 Å². The fourth-order valence-electron chi connectivity index (χ4n) is 11.2. The maximum Gasteiger partial charge on any atom is 0.421 e. The molecule has 0 radical (unpaired) electrons. The van der Waals surface area contributed by atoms with Gasteiger partial charge >= 0.3 is 30.3 Å². The van der Waals surface area contributed by atoms with E-state index in [0.29, 0.717) is 73.9 Å². The summed E-state index contributed by atoms with van der Waals surface area (Å²) in [6.07, 6.45) is -2.08. The molecule has 9 rings (SSSR count). The number of nitrogens with one attached hydrogen (secondary N) is 1. The van der Waals surface area contributed by atoms with E-state index in [9.17, 15) is 32.3 Å². The molecular weight excluding hydrogens is 1230 g/mol. The number of nitrogens with zero attached hydrogens (tertiary/aromatic N) is 5. The van der Waals surface area contributed by atoms with Gasteiger partial charge in [0, 0.05) is 34.3 Å². The minimum absolute atomic E-state index is 0.0125. The average Bonchev–Trinajstić information content (AvgIpc) is 1.56. The molecule has 0 bridgehead atoms. The Hall–Kier alpha value is -6.82. The predicted octanol–water partition coefficient (Wildman–Crippen LogP) is 14.5. The van der Waals surface area contributed by atoms with Crippen molar-refractivity contribution in [2.45, 2.75) is 117 Å². The van der Waals surface area contributed by atoms with E-state index in [-0.39, 0.29) is 76.9 Å². The first-order valence-corrected chi connectivity index (χ1v) is 31.4. The monoisotopic (exact) mass is 1310 g/mol. The number of likely N-dealkylation sites (tertiary alicyclic amines) is 2. The van der Waals surface area contributed by atoms with Gasteiger partial charge in [0.15, 0.2) is 10.8 Å². The van der Waals surface area contributed by atoms with Crippen LogP contribution < -0.4 is 19.7 Å². The van der Waals surface area contributed by atoms with Crippen molar-refractivity contribution in [3.63, 3.8) is 0 Å². The van der Waals surface area contributed by atoms with E-state index < -0.39 is 35.0 Å². The van der Waals surface area contributed by atoms with Gasteiger partial charge in [-0.15, -0.1) is 0 Å². The number of ether oxygens (including phenoxy) is 5. The number of hydrogen-bond donors (Lipinski definition) is 1. The van der Waals surface area contributed by atoms with E-state index in [1.807, 2.05) is 41.3 Å². The second-order valence-electron chi connectivity index (χ2n) is 22.9. The topological polar surface area (TPSA) is 162 Å². The molecule has 0 spiro atoms. The van der Waals surface area contributed by atoms with Crippen molar-refractivity contribution in [2.75, 3.05) is 82.5 Å². The van der Waals surface area contributed by atoms with Gasteiger partial charge in [-0.25, -0.2) is 14.8 Å². The molecule has 15 nitrogen and oxygen atoms in total. The molecule has 0 atom stereocenters. The Kier molecular flexibility index (Phi) is 23.3. The van der Waals surface area contributed by atoms with E-state index in [4.69, 9.17) is 28.7 Å². The molecular formula is C65H75BrF6N6O9S. The van der Waals surface area contributed by atoms with Crippen LogP contribution in [0.4, 0.5) is 37.3 Å². The maximum absolute atomic E-state index is 15.1. The van der Waals surface area contributed by atoms with Crippen LogP contribution in [-0.2, 0) is 49.1 Å². The lowest BCUT2D eigenvalue weighted by Crippen LogP contribution is -2.38. The number of carbonyl (C=O) groups excluding carboxylic acids is 4. The number of rotatable bonds is 21. The largest absolute Gasteiger partial charge is 0.493 e. The number of carbonyl (C=O) groups is 4. The maximum atomic E-state index is 15.1. The lowest BCUT2D eigenvalue weighted by atomic mass is 9.92. The number of benzene rings is 4. The number of hydrogen-bond acceptors (Lipinski definition) is 15. The van der Waals surface area contributed by atoms with Crippen molar-refractivity contribution < 1.29 is 69.2 Å². The number of esters is 3. The summed E-state index contributed by atoms with van der Waals surface area (Å²) in [6.45, 7) is 14.2. The molecule has 1 N–H and O–H groups in total. The van der Waals surface area contributed by atoms with Crippen molar-refractivity contribution in [1.29, 1.82) is 0 Å². The highest BCUT2D eigenvalue weighted by atomic mass is 79.9. The number of aromatic nitrogens is 2. The summed E-state index contributed by atoms with van der Waals surface area (Å²) in [5, 5.41) is 3.42. The lowest BCUT2D eigenvalue weighted by Gasteiger charge is -2.31. The highest BCUT2D eigenvalue weighted by molar-refractivity contribution is 9.10. The van der Waals surface area contributed by atoms with Gasteiger partial charge in [-0.1, -0.05) is 69.7 Å². The second-order valence-corrected chi connectivity index (χ2v) is 24.8. The first-order chi connectivity index (χ1) is 42.0. The van der Waals surface area contributed by atoms with Gasteiger partial charge < -0.3 is 28.6 Å². The third-order valence-electron chi connectivity index (χ3n) is 15.4. The van der Waals surface area contributed by atoms with Crippen LogP contribution in [0.2, 0.25) is 0 Å². The van der Waals surface area contributed by atoms with Gasteiger partial charge in [0.1, 0.15) is 34.0 Å². The van der Waals surface area contributed by atoms with Gasteiger partial charge in [0.25, 0.3) is 5.91 Å². The summed E-state index contributed by atoms with van der Waals surface area (Å²) in [5.41, 5.74) is -0.275. The van der Waals surface area contributed by atoms with Gasteiger partial charge in [0.2, 0.25) is 0 Å². The molecule has 1 amide bonds. The van der Waals surface area contributed by atoms with Crippen molar-refractivity contribution in [3.05, 3.63) is 129 Å². The minimum Gasteiger partial charge on any atom is -0.493 e. The number of fused-ring (bicyclic) bond motifs is 2. The Morgan fingerprint density at radius 1 is 0.659 bits per heavy atom. The van der Waals surface area contributed by atoms with Crippen LogP contribution in [0.3, 0.4) is 0 Å². The summed E-state index contributed by atoms with van der Waals surface area (Å²) in [7, 11) is 0. The molecule has 3 aliphatic heterocycles. The van der Waals surface area contributed by atoms with Crippen LogP contribution in [0, 0.1) is 11.8 Å².